The Kier molecular flexibility index (Phi) is 4.86. The van der Waals surface area contributed by atoms with Gasteiger partial charge in [-0.25, -0.2) is 22.5 Å². The molecule has 7 heteroatoms. The summed E-state index contributed by atoms with van der Waals surface area (Å²) >= 11 is 0. The molecule has 1 N–H and O–H groups in total. The Morgan fingerprint density at radius 3 is 2.65 bits per heavy atom. The van der Waals surface area contributed by atoms with Crippen LogP contribution in [0.3, 0.4) is 0 Å². The lowest BCUT2D eigenvalue weighted by Gasteiger charge is -2.07. The van der Waals surface area contributed by atoms with Crippen LogP contribution in [0.1, 0.15) is 12.0 Å². The zero-order valence-corrected chi connectivity index (χ0v) is 11.7. The fourth-order valence-corrected chi connectivity index (χ4v) is 2.95. The van der Waals surface area contributed by atoms with Gasteiger partial charge in [0.25, 0.3) is 0 Å². The molecule has 0 fully saturated rings. The zero-order valence-electron chi connectivity index (χ0n) is 10.9. The number of nitrogens with zero attached hydrogens (tertiary/aromatic N) is 2. The Morgan fingerprint density at radius 1 is 1.25 bits per heavy atom. The highest BCUT2D eigenvalue weighted by Crippen LogP contribution is 2.06. The van der Waals surface area contributed by atoms with E-state index in [0.29, 0.717) is 25.1 Å². The van der Waals surface area contributed by atoms with E-state index in [2.05, 4.69) is 9.71 Å². The van der Waals surface area contributed by atoms with Crippen LogP contribution in [0, 0.1) is 5.82 Å². The summed E-state index contributed by atoms with van der Waals surface area (Å²) in [6, 6.07) is 5.45. The highest BCUT2D eigenvalue weighted by atomic mass is 32.2. The fourth-order valence-electron chi connectivity index (χ4n) is 1.76. The summed E-state index contributed by atoms with van der Waals surface area (Å²) in [6.07, 6.45) is 5.87. The molecule has 0 saturated heterocycles. The molecular weight excluding hydrogens is 281 g/mol. The summed E-state index contributed by atoms with van der Waals surface area (Å²) in [5.41, 5.74) is 0.563. The van der Waals surface area contributed by atoms with Crippen molar-refractivity contribution in [1.82, 2.24) is 14.3 Å². The van der Waals surface area contributed by atoms with Crippen LogP contribution in [0.5, 0.6) is 0 Å². The van der Waals surface area contributed by atoms with Gasteiger partial charge in [-0.15, -0.1) is 0 Å². The van der Waals surface area contributed by atoms with Crippen LogP contribution in [-0.2, 0) is 22.3 Å². The van der Waals surface area contributed by atoms with Crippen molar-refractivity contribution in [2.75, 3.05) is 6.54 Å². The van der Waals surface area contributed by atoms with E-state index in [0.717, 1.165) is 0 Å². The second-order valence-electron chi connectivity index (χ2n) is 4.43. The Bertz CT molecular complexity index is 624. The van der Waals surface area contributed by atoms with Crippen molar-refractivity contribution < 1.29 is 12.8 Å². The van der Waals surface area contributed by atoms with Gasteiger partial charge in [0.2, 0.25) is 10.0 Å². The van der Waals surface area contributed by atoms with E-state index in [1.54, 1.807) is 12.5 Å². The number of imidazole rings is 1. The molecule has 0 spiro atoms. The highest BCUT2D eigenvalue weighted by molar-refractivity contribution is 7.88. The first-order chi connectivity index (χ1) is 9.55. The summed E-state index contributed by atoms with van der Waals surface area (Å²) in [5, 5.41) is 0. The number of aryl methyl sites for hydroxylation is 1. The minimum absolute atomic E-state index is 0.141. The van der Waals surface area contributed by atoms with Crippen LogP contribution < -0.4 is 4.72 Å². The Balaban J connectivity index is 1.77. The van der Waals surface area contributed by atoms with Gasteiger partial charge < -0.3 is 4.57 Å². The summed E-state index contributed by atoms with van der Waals surface area (Å²) in [5.74, 6) is -0.516. The van der Waals surface area contributed by atoms with E-state index in [1.807, 2.05) is 10.8 Å². The molecular formula is C13H16FN3O2S. The van der Waals surface area contributed by atoms with Gasteiger partial charge in [0.1, 0.15) is 5.82 Å². The fraction of sp³-hybridized carbons (Fsp3) is 0.308. The molecule has 0 radical (unpaired) electrons. The van der Waals surface area contributed by atoms with Crippen molar-refractivity contribution in [3.8, 4) is 0 Å². The Labute approximate surface area is 117 Å². The van der Waals surface area contributed by atoms with Crippen molar-refractivity contribution in [3.05, 3.63) is 54.4 Å². The molecule has 0 atom stereocenters. The molecule has 0 aliphatic carbocycles. The van der Waals surface area contributed by atoms with Crippen molar-refractivity contribution in [3.63, 3.8) is 0 Å². The molecule has 0 aliphatic rings. The monoisotopic (exact) mass is 297 g/mol. The molecule has 108 valence electrons. The number of aromatic nitrogens is 2. The number of hydrogen-bond donors (Lipinski definition) is 1. The lowest BCUT2D eigenvalue weighted by molar-refractivity contribution is 0.569. The first-order valence-corrected chi connectivity index (χ1v) is 7.88. The van der Waals surface area contributed by atoms with E-state index in [1.165, 1.54) is 24.3 Å². The Morgan fingerprint density at radius 2 is 2.00 bits per heavy atom. The number of halogens is 1. The molecule has 0 saturated carbocycles. The summed E-state index contributed by atoms with van der Waals surface area (Å²) < 4.78 is 40.8. The summed E-state index contributed by atoms with van der Waals surface area (Å²) in [7, 11) is -3.39. The third kappa shape index (κ3) is 4.75. The van der Waals surface area contributed by atoms with Crippen molar-refractivity contribution in [1.29, 1.82) is 0 Å². The molecule has 2 rings (SSSR count). The van der Waals surface area contributed by atoms with Crippen LogP contribution >= 0.6 is 0 Å². The average molecular weight is 297 g/mol. The standard InChI is InChI=1S/C13H16FN3O2S/c14-13-4-2-12(3-5-13)10-20(18,19)16-6-1-8-17-9-7-15-11-17/h2-5,7,9,11,16H,1,6,8,10H2. The number of benzene rings is 1. The van der Waals surface area contributed by atoms with Gasteiger partial charge in [-0.3, -0.25) is 0 Å². The molecule has 0 bridgehead atoms. The SMILES string of the molecule is O=S(=O)(Cc1ccc(F)cc1)NCCCn1ccnc1. The number of hydrogen-bond acceptors (Lipinski definition) is 3. The van der Waals surface area contributed by atoms with Gasteiger partial charge in [-0.05, 0) is 24.1 Å². The van der Waals surface area contributed by atoms with E-state index in [9.17, 15) is 12.8 Å². The molecule has 0 aliphatic heterocycles. The third-order valence-corrected chi connectivity index (χ3v) is 4.10. The molecule has 0 unspecified atom stereocenters. The smallest absolute Gasteiger partial charge is 0.215 e. The quantitative estimate of drug-likeness (QED) is 0.788. The maximum absolute atomic E-state index is 12.7. The van der Waals surface area contributed by atoms with Gasteiger partial charge in [-0.1, -0.05) is 12.1 Å². The van der Waals surface area contributed by atoms with E-state index in [-0.39, 0.29) is 11.6 Å². The third-order valence-electron chi connectivity index (χ3n) is 2.74. The van der Waals surface area contributed by atoms with Crippen LogP contribution in [-0.4, -0.2) is 24.5 Å². The van der Waals surface area contributed by atoms with E-state index in [4.69, 9.17) is 0 Å². The number of sulfonamides is 1. The van der Waals surface area contributed by atoms with Crippen LogP contribution in [0.2, 0.25) is 0 Å². The van der Waals surface area contributed by atoms with Crippen LogP contribution in [0.15, 0.2) is 43.0 Å². The predicted octanol–water partition coefficient (Wildman–Crippen LogP) is 1.53. The number of nitrogens with one attached hydrogen (secondary N) is 1. The second kappa shape index (κ2) is 6.62. The normalized spacial score (nSPS) is 11.7. The lowest BCUT2D eigenvalue weighted by Crippen LogP contribution is -2.26. The molecule has 5 nitrogen and oxygen atoms in total. The second-order valence-corrected chi connectivity index (χ2v) is 6.24. The van der Waals surface area contributed by atoms with E-state index < -0.39 is 10.0 Å². The molecule has 1 aromatic carbocycles. The van der Waals surface area contributed by atoms with Crippen molar-refractivity contribution >= 4 is 10.0 Å². The average Bonchev–Trinajstić information content (AvgIpc) is 2.90. The van der Waals surface area contributed by atoms with Crippen molar-refractivity contribution in [2.45, 2.75) is 18.7 Å². The molecule has 1 aromatic heterocycles. The van der Waals surface area contributed by atoms with Gasteiger partial charge in [-0.2, -0.15) is 0 Å². The minimum atomic E-state index is -3.39. The number of rotatable bonds is 7. The maximum Gasteiger partial charge on any atom is 0.215 e. The largest absolute Gasteiger partial charge is 0.337 e. The summed E-state index contributed by atoms with van der Waals surface area (Å²) in [6.45, 7) is 1.07. The topological polar surface area (TPSA) is 64.0 Å². The summed E-state index contributed by atoms with van der Waals surface area (Å²) in [4.78, 5) is 3.91. The van der Waals surface area contributed by atoms with Crippen molar-refractivity contribution in [2.24, 2.45) is 0 Å². The van der Waals surface area contributed by atoms with Gasteiger partial charge in [0.05, 0.1) is 12.1 Å². The highest BCUT2D eigenvalue weighted by Gasteiger charge is 2.10. The predicted molar refractivity (Wildman–Crippen MR) is 73.9 cm³/mol. The van der Waals surface area contributed by atoms with Gasteiger partial charge in [0.15, 0.2) is 0 Å². The molecule has 0 amide bonds. The molecule has 2 aromatic rings. The Hall–Kier alpha value is -1.73. The van der Waals surface area contributed by atoms with Crippen LogP contribution in [0.25, 0.3) is 0 Å². The lowest BCUT2D eigenvalue weighted by atomic mass is 10.2. The van der Waals surface area contributed by atoms with Crippen LogP contribution in [0.4, 0.5) is 4.39 Å². The molecule has 20 heavy (non-hydrogen) atoms. The first kappa shape index (κ1) is 14.7. The zero-order chi connectivity index (χ0) is 14.4. The minimum Gasteiger partial charge on any atom is -0.337 e. The van der Waals surface area contributed by atoms with E-state index >= 15 is 0 Å². The van der Waals surface area contributed by atoms with Gasteiger partial charge >= 0.3 is 0 Å². The van der Waals surface area contributed by atoms with Gasteiger partial charge in [0, 0.05) is 25.5 Å². The first-order valence-electron chi connectivity index (χ1n) is 6.23. The molecule has 1 heterocycles. The maximum atomic E-state index is 12.7.